The van der Waals surface area contributed by atoms with Crippen molar-refractivity contribution >= 4 is 12.2 Å². The molecule has 0 N–H and O–H groups in total. The molecular formula is C21H22N4O2. The molecule has 6 nitrogen and oxygen atoms in total. The van der Waals surface area contributed by atoms with Gasteiger partial charge in [-0.05, 0) is 11.1 Å². The van der Waals surface area contributed by atoms with Gasteiger partial charge in [-0.15, -0.1) is 0 Å². The summed E-state index contributed by atoms with van der Waals surface area (Å²) >= 11 is 0. The van der Waals surface area contributed by atoms with Crippen molar-refractivity contribution in [1.29, 1.82) is 0 Å². The van der Waals surface area contributed by atoms with E-state index in [0.29, 0.717) is 12.4 Å². The van der Waals surface area contributed by atoms with Crippen molar-refractivity contribution in [3.8, 4) is 0 Å². The SMILES string of the molecule is CN(C)/C=N\c1cc(=O)n(Cc2ccccc2)c(=O)n1Cc1ccccc1. The van der Waals surface area contributed by atoms with Crippen molar-refractivity contribution in [2.24, 2.45) is 4.99 Å². The minimum absolute atomic E-state index is 0.227. The molecule has 0 amide bonds. The lowest BCUT2D eigenvalue weighted by molar-refractivity contribution is 0.611. The number of aromatic nitrogens is 2. The lowest BCUT2D eigenvalue weighted by atomic mass is 10.2. The van der Waals surface area contributed by atoms with E-state index in [-0.39, 0.29) is 17.8 Å². The van der Waals surface area contributed by atoms with E-state index >= 15 is 0 Å². The van der Waals surface area contributed by atoms with E-state index in [2.05, 4.69) is 4.99 Å². The Hall–Kier alpha value is -3.41. The molecule has 0 fully saturated rings. The second-order valence-corrected chi connectivity index (χ2v) is 6.48. The zero-order valence-electron chi connectivity index (χ0n) is 15.4. The van der Waals surface area contributed by atoms with Gasteiger partial charge in [0, 0.05) is 20.2 Å². The summed E-state index contributed by atoms with van der Waals surface area (Å²) in [5, 5.41) is 0. The molecule has 27 heavy (non-hydrogen) atoms. The van der Waals surface area contributed by atoms with Gasteiger partial charge in [0.05, 0.1) is 19.4 Å². The first-order valence-corrected chi connectivity index (χ1v) is 8.68. The molecule has 3 aromatic rings. The Morgan fingerprint density at radius 3 is 1.89 bits per heavy atom. The summed E-state index contributed by atoms with van der Waals surface area (Å²) in [6.07, 6.45) is 1.58. The summed E-state index contributed by atoms with van der Waals surface area (Å²) in [5.41, 5.74) is 1.12. The molecule has 6 heteroatoms. The van der Waals surface area contributed by atoms with Crippen LogP contribution in [0.15, 0.2) is 81.3 Å². The monoisotopic (exact) mass is 362 g/mol. The first-order chi connectivity index (χ1) is 13.0. The number of hydrogen-bond acceptors (Lipinski definition) is 3. The summed E-state index contributed by atoms with van der Waals surface area (Å²) in [6.45, 7) is 0.569. The van der Waals surface area contributed by atoms with E-state index in [1.54, 1.807) is 11.2 Å². The minimum atomic E-state index is -0.374. The molecule has 0 atom stereocenters. The molecule has 3 rings (SSSR count). The topological polar surface area (TPSA) is 59.6 Å². The Morgan fingerprint density at radius 2 is 1.37 bits per heavy atom. The summed E-state index contributed by atoms with van der Waals surface area (Å²) < 4.78 is 2.77. The van der Waals surface area contributed by atoms with E-state index in [9.17, 15) is 9.59 Å². The maximum absolute atomic E-state index is 13.1. The first kappa shape index (κ1) is 18.4. The summed E-state index contributed by atoms with van der Waals surface area (Å²) in [5.74, 6) is 0.340. The predicted molar refractivity (Wildman–Crippen MR) is 108 cm³/mol. The van der Waals surface area contributed by atoms with Crippen LogP contribution < -0.4 is 11.2 Å². The molecular weight excluding hydrogens is 340 g/mol. The van der Waals surface area contributed by atoms with Crippen molar-refractivity contribution in [2.75, 3.05) is 14.1 Å². The molecule has 0 aliphatic rings. The number of rotatable bonds is 6. The fourth-order valence-electron chi connectivity index (χ4n) is 2.71. The lowest BCUT2D eigenvalue weighted by Crippen LogP contribution is -2.39. The highest BCUT2D eigenvalue weighted by atomic mass is 16.2. The number of benzene rings is 2. The van der Waals surface area contributed by atoms with Gasteiger partial charge in [-0.1, -0.05) is 60.7 Å². The number of nitrogens with zero attached hydrogens (tertiary/aromatic N) is 4. The van der Waals surface area contributed by atoms with Gasteiger partial charge in [0.2, 0.25) is 0 Å². The van der Waals surface area contributed by atoms with E-state index in [1.165, 1.54) is 15.2 Å². The van der Waals surface area contributed by atoms with Crippen LogP contribution in [0.25, 0.3) is 0 Å². The standard InChI is InChI=1S/C21H22N4O2/c1-23(2)16-22-19-13-20(26)25(15-18-11-7-4-8-12-18)21(27)24(19)14-17-9-5-3-6-10-17/h3-13,16H,14-15H2,1-2H3/b22-16-. The maximum Gasteiger partial charge on any atom is 0.333 e. The predicted octanol–water partition coefficient (Wildman–Crippen LogP) is 2.33. The van der Waals surface area contributed by atoms with Gasteiger partial charge in [0.15, 0.2) is 0 Å². The van der Waals surface area contributed by atoms with Crippen LogP contribution in [0, 0.1) is 0 Å². The average molecular weight is 362 g/mol. The van der Waals surface area contributed by atoms with Gasteiger partial charge in [-0.2, -0.15) is 0 Å². The molecule has 0 radical (unpaired) electrons. The Morgan fingerprint density at radius 1 is 0.852 bits per heavy atom. The van der Waals surface area contributed by atoms with Gasteiger partial charge >= 0.3 is 5.69 Å². The van der Waals surface area contributed by atoms with E-state index in [0.717, 1.165) is 11.1 Å². The molecule has 2 aromatic carbocycles. The van der Waals surface area contributed by atoms with Crippen LogP contribution in [0.2, 0.25) is 0 Å². The Bertz CT molecular complexity index is 1040. The Balaban J connectivity index is 2.10. The molecule has 0 spiro atoms. The highest BCUT2D eigenvalue weighted by Gasteiger charge is 2.12. The van der Waals surface area contributed by atoms with Crippen LogP contribution in [0.1, 0.15) is 11.1 Å². The first-order valence-electron chi connectivity index (χ1n) is 8.68. The quantitative estimate of drug-likeness (QED) is 0.499. The average Bonchev–Trinajstić information content (AvgIpc) is 2.67. The van der Waals surface area contributed by atoms with E-state index in [4.69, 9.17) is 0 Å². The van der Waals surface area contributed by atoms with Gasteiger partial charge in [-0.3, -0.25) is 13.9 Å². The fraction of sp³-hybridized carbons (Fsp3) is 0.190. The highest BCUT2D eigenvalue weighted by Crippen LogP contribution is 2.10. The van der Waals surface area contributed by atoms with Crippen LogP contribution >= 0.6 is 0 Å². The number of aliphatic imine (C=N–C) groups is 1. The molecule has 0 bridgehead atoms. The van der Waals surface area contributed by atoms with Gasteiger partial charge in [0.1, 0.15) is 5.82 Å². The van der Waals surface area contributed by atoms with Crippen molar-refractivity contribution < 1.29 is 0 Å². The normalized spacial score (nSPS) is 11.0. The van der Waals surface area contributed by atoms with Crippen molar-refractivity contribution in [2.45, 2.75) is 13.1 Å². The van der Waals surface area contributed by atoms with Gasteiger partial charge < -0.3 is 4.90 Å². The van der Waals surface area contributed by atoms with Crippen molar-refractivity contribution in [3.63, 3.8) is 0 Å². The zero-order chi connectivity index (χ0) is 19.2. The smallest absolute Gasteiger partial charge is 0.333 e. The fourth-order valence-corrected chi connectivity index (χ4v) is 2.71. The second kappa shape index (κ2) is 8.31. The zero-order valence-corrected chi connectivity index (χ0v) is 15.4. The van der Waals surface area contributed by atoms with Crippen LogP contribution in [0.5, 0.6) is 0 Å². The van der Waals surface area contributed by atoms with Gasteiger partial charge in [0.25, 0.3) is 5.56 Å². The molecule has 0 aliphatic heterocycles. The van der Waals surface area contributed by atoms with Crippen molar-refractivity contribution in [1.82, 2.24) is 14.0 Å². The maximum atomic E-state index is 13.1. The minimum Gasteiger partial charge on any atom is -0.369 e. The molecule has 0 saturated carbocycles. The Labute approximate surface area is 157 Å². The Kier molecular flexibility index (Phi) is 5.66. The molecule has 1 aromatic heterocycles. The molecule has 1 heterocycles. The third kappa shape index (κ3) is 4.61. The van der Waals surface area contributed by atoms with E-state index < -0.39 is 0 Å². The molecule has 0 saturated heterocycles. The third-order valence-electron chi connectivity index (χ3n) is 4.04. The largest absolute Gasteiger partial charge is 0.369 e. The van der Waals surface area contributed by atoms with Gasteiger partial charge in [-0.25, -0.2) is 9.79 Å². The highest BCUT2D eigenvalue weighted by molar-refractivity contribution is 5.59. The third-order valence-corrected chi connectivity index (χ3v) is 4.04. The number of hydrogen-bond donors (Lipinski definition) is 0. The molecule has 138 valence electrons. The van der Waals surface area contributed by atoms with Crippen LogP contribution in [-0.4, -0.2) is 34.5 Å². The molecule has 0 unspecified atom stereocenters. The molecule has 0 aliphatic carbocycles. The van der Waals surface area contributed by atoms with Crippen molar-refractivity contribution in [3.05, 3.63) is 98.7 Å². The summed E-state index contributed by atoms with van der Waals surface area (Å²) in [4.78, 5) is 31.8. The van der Waals surface area contributed by atoms with Crippen LogP contribution in [-0.2, 0) is 13.1 Å². The summed E-state index contributed by atoms with van der Waals surface area (Å²) in [6, 6.07) is 20.5. The van der Waals surface area contributed by atoms with E-state index in [1.807, 2.05) is 74.8 Å². The summed E-state index contributed by atoms with van der Waals surface area (Å²) in [7, 11) is 3.67. The van der Waals surface area contributed by atoms with Crippen LogP contribution in [0.3, 0.4) is 0 Å². The lowest BCUT2D eigenvalue weighted by Gasteiger charge is -2.14. The van der Waals surface area contributed by atoms with Crippen LogP contribution in [0.4, 0.5) is 5.82 Å². The second-order valence-electron chi connectivity index (χ2n) is 6.48.